The van der Waals surface area contributed by atoms with E-state index in [0.717, 1.165) is 28.7 Å². The predicted octanol–water partition coefficient (Wildman–Crippen LogP) is 1.33. The molecule has 2 aromatic heterocycles. The van der Waals surface area contributed by atoms with Crippen molar-refractivity contribution in [3.63, 3.8) is 0 Å². The molecule has 116 valence electrons. The summed E-state index contributed by atoms with van der Waals surface area (Å²) in [6, 6.07) is 3.33. The van der Waals surface area contributed by atoms with Crippen molar-refractivity contribution in [1.82, 2.24) is 20.0 Å². The largest absolute Gasteiger partial charge is 0.377 e. The molecule has 1 aliphatic carbocycles. The Morgan fingerprint density at radius 1 is 1.32 bits per heavy atom. The van der Waals surface area contributed by atoms with E-state index >= 15 is 0 Å². The zero-order valence-corrected chi connectivity index (χ0v) is 13.0. The molecule has 0 amide bonds. The molecule has 0 radical (unpaired) electrons. The summed E-state index contributed by atoms with van der Waals surface area (Å²) in [5.41, 5.74) is 0.928. The summed E-state index contributed by atoms with van der Waals surface area (Å²) in [6.45, 7) is 2.93. The molecule has 3 heterocycles. The van der Waals surface area contributed by atoms with E-state index in [0.29, 0.717) is 19.1 Å². The number of nitrogens with zero attached hydrogens (tertiary/aromatic N) is 4. The van der Waals surface area contributed by atoms with Crippen LogP contribution in [-0.2, 0) is 4.74 Å². The van der Waals surface area contributed by atoms with Crippen LogP contribution in [0.15, 0.2) is 16.9 Å². The third-order valence-corrected chi connectivity index (χ3v) is 4.81. The fourth-order valence-electron chi connectivity index (χ4n) is 2.71. The van der Waals surface area contributed by atoms with Crippen molar-refractivity contribution >= 4 is 16.5 Å². The minimum atomic E-state index is -0.115. The molecule has 8 heteroatoms. The number of ether oxygens (including phenoxy) is 1. The third-order valence-electron chi connectivity index (χ3n) is 4.04. The van der Waals surface area contributed by atoms with Crippen LogP contribution in [0.3, 0.4) is 0 Å². The number of hydrogen-bond donors (Lipinski definition) is 1. The Labute approximate surface area is 131 Å². The van der Waals surface area contributed by atoms with E-state index in [1.165, 1.54) is 11.3 Å². The van der Waals surface area contributed by atoms with Crippen molar-refractivity contribution in [3.8, 4) is 0 Å². The Balaban J connectivity index is 1.60. The first kappa shape index (κ1) is 13.8. The molecule has 7 nitrogen and oxygen atoms in total. The quantitative estimate of drug-likeness (QED) is 0.915. The van der Waals surface area contributed by atoms with Gasteiger partial charge in [-0.1, -0.05) is 11.3 Å². The molecule has 2 aliphatic rings. The van der Waals surface area contributed by atoms with E-state index in [1.54, 1.807) is 10.7 Å². The van der Waals surface area contributed by atoms with Crippen molar-refractivity contribution in [2.45, 2.75) is 37.8 Å². The first-order valence-corrected chi connectivity index (χ1v) is 8.26. The third kappa shape index (κ3) is 2.64. The number of anilines is 1. The van der Waals surface area contributed by atoms with Crippen LogP contribution in [0.4, 0.5) is 5.13 Å². The first-order chi connectivity index (χ1) is 10.7. The number of nitrogens with one attached hydrogen (secondary N) is 1. The van der Waals surface area contributed by atoms with Gasteiger partial charge < -0.3 is 10.1 Å². The lowest BCUT2D eigenvalue weighted by atomic mass is 10.2. The van der Waals surface area contributed by atoms with E-state index < -0.39 is 0 Å². The van der Waals surface area contributed by atoms with Crippen LogP contribution in [0, 0.1) is 6.92 Å². The smallest absolute Gasteiger partial charge is 0.267 e. The number of hydrogen-bond acceptors (Lipinski definition) is 7. The van der Waals surface area contributed by atoms with Gasteiger partial charge in [0.1, 0.15) is 11.0 Å². The summed E-state index contributed by atoms with van der Waals surface area (Å²) in [6.07, 6.45) is 2.33. The molecule has 2 fully saturated rings. The van der Waals surface area contributed by atoms with Crippen LogP contribution >= 0.6 is 11.3 Å². The van der Waals surface area contributed by atoms with Gasteiger partial charge >= 0.3 is 0 Å². The molecular weight excluding hydrogens is 302 g/mol. The van der Waals surface area contributed by atoms with Gasteiger partial charge in [-0.25, -0.2) is 4.68 Å². The monoisotopic (exact) mass is 319 g/mol. The van der Waals surface area contributed by atoms with E-state index in [4.69, 9.17) is 4.74 Å². The van der Waals surface area contributed by atoms with Crippen molar-refractivity contribution in [2.24, 2.45) is 0 Å². The van der Waals surface area contributed by atoms with Gasteiger partial charge in [-0.05, 0) is 25.8 Å². The normalized spacial score (nSPS) is 24.6. The lowest BCUT2D eigenvalue weighted by Gasteiger charge is -2.20. The topological polar surface area (TPSA) is 81.9 Å². The van der Waals surface area contributed by atoms with Crippen molar-refractivity contribution in [3.05, 3.63) is 33.2 Å². The van der Waals surface area contributed by atoms with Crippen LogP contribution in [-0.4, -0.2) is 39.2 Å². The van der Waals surface area contributed by atoms with Crippen LogP contribution in [0.2, 0.25) is 0 Å². The Hall–Kier alpha value is -1.80. The molecule has 1 saturated carbocycles. The molecule has 0 spiro atoms. The second-order valence-electron chi connectivity index (χ2n) is 5.80. The van der Waals surface area contributed by atoms with Gasteiger partial charge in [0, 0.05) is 12.0 Å². The summed E-state index contributed by atoms with van der Waals surface area (Å²) < 4.78 is 7.14. The lowest BCUT2D eigenvalue weighted by Crippen LogP contribution is -2.37. The molecule has 22 heavy (non-hydrogen) atoms. The Morgan fingerprint density at radius 3 is 2.91 bits per heavy atom. The molecule has 0 aromatic carbocycles. The first-order valence-electron chi connectivity index (χ1n) is 7.45. The average molecular weight is 319 g/mol. The molecule has 2 aromatic rings. The molecule has 1 saturated heterocycles. The second kappa shape index (κ2) is 5.44. The van der Waals surface area contributed by atoms with Gasteiger partial charge in [0.05, 0.1) is 24.9 Å². The van der Waals surface area contributed by atoms with E-state index in [9.17, 15) is 4.79 Å². The molecule has 2 atom stereocenters. The van der Waals surface area contributed by atoms with Gasteiger partial charge in [0.15, 0.2) is 0 Å². The van der Waals surface area contributed by atoms with Crippen LogP contribution < -0.4 is 10.9 Å². The zero-order valence-electron chi connectivity index (χ0n) is 12.2. The Morgan fingerprint density at radius 2 is 2.18 bits per heavy atom. The summed E-state index contributed by atoms with van der Waals surface area (Å²) in [5, 5.41) is 17.6. The van der Waals surface area contributed by atoms with Crippen molar-refractivity contribution in [2.75, 3.05) is 18.5 Å². The number of aromatic nitrogens is 4. The van der Waals surface area contributed by atoms with Crippen LogP contribution in [0.1, 0.15) is 35.5 Å². The summed E-state index contributed by atoms with van der Waals surface area (Å²) in [7, 11) is 0. The molecule has 2 unspecified atom stereocenters. The summed E-state index contributed by atoms with van der Waals surface area (Å²) in [4.78, 5) is 12.2. The Kier molecular flexibility index (Phi) is 3.42. The van der Waals surface area contributed by atoms with Crippen molar-refractivity contribution in [1.29, 1.82) is 0 Å². The Bertz CT molecular complexity index is 739. The molecular formula is C14H17N5O2S. The van der Waals surface area contributed by atoms with Gasteiger partial charge in [-0.3, -0.25) is 4.79 Å². The predicted molar refractivity (Wildman–Crippen MR) is 82.4 cm³/mol. The SMILES string of the molecule is Cc1nnc(NC2COCC2n2nc(C3CC3)ccc2=O)s1. The highest BCUT2D eigenvalue weighted by molar-refractivity contribution is 7.15. The molecule has 0 bridgehead atoms. The second-order valence-corrected chi connectivity index (χ2v) is 6.98. The maximum absolute atomic E-state index is 12.2. The molecule has 1 aliphatic heterocycles. The van der Waals surface area contributed by atoms with Gasteiger partial charge in [0.2, 0.25) is 5.13 Å². The fraction of sp³-hybridized carbons (Fsp3) is 0.571. The maximum atomic E-state index is 12.2. The van der Waals surface area contributed by atoms with Crippen LogP contribution in [0.5, 0.6) is 0 Å². The lowest BCUT2D eigenvalue weighted by molar-refractivity contribution is 0.182. The van der Waals surface area contributed by atoms with Gasteiger partial charge in [-0.15, -0.1) is 10.2 Å². The van der Waals surface area contributed by atoms with E-state index in [-0.39, 0.29) is 17.6 Å². The highest BCUT2D eigenvalue weighted by Gasteiger charge is 2.33. The standard InChI is InChI=1S/C14H17N5O2S/c1-8-16-17-14(22-8)15-11-6-21-7-12(11)19-13(20)5-4-10(18-19)9-2-3-9/h4-5,9,11-12H,2-3,6-7H2,1H3,(H,15,17). The molecule has 1 N–H and O–H groups in total. The van der Waals surface area contributed by atoms with Gasteiger partial charge in [0.25, 0.3) is 5.56 Å². The summed E-state index contributed by atoms with van der Waals surface area (Å²) >= 11 is 1.50. The molecule has 4 rings (SSSR count). The van der Waals surface area contributed by atoms with Gasteiger partial charge in [-0.2, -0.15) is 5.10 Å². The van der Waals surface area contributed by atoms with E-state index in [1.807, 2.05) is 13.0 Å². The zero-order chi connectivity index (χ0) is 15.1. The summed E-state index contributed by atoms with van der Waals surface area (Å²) in [5.74, 6) is 0.520. The minimum Gasteiger partial charge on any atom is -0.377 e. The fourth-order valence-corrected chi connectivity index (χ4v) is 3.36. The number of aryl methyl sites for hydroxylation is 1. The van der Waals surface area contributed by atoms with E-state index in [2.05, 4.69) is 20.6 Å². The van der Waals surface area contributed by atoms with Crippen molar-refractivity contribution < 1.29 is 4.74 Å². The van der Waals surface area contributed by atoms with Crippen LogP contribution in [0.25, 0.3) is 0 Å². The number of rotatable bonds is 4. The highest BCUT2D eigenvalue weighted by Crippen LogP contribution is 2.38. The highest BCUT2D eigenvalue weighted by atomic mass is 32.1. The maximum Gasteiger partial charge on any atom is 0.267 e. The average Bonchev–Trinajstić information content (AvgIpc) is 3.13. The minimum absolute atomic E-state index is 0.0213.